The van der Waals surface area contributed by atoms with Gasteiger partial charge in [0.15, 0.2) is 6.61 Å². The van der Waals surface area contributed by atoms with Crippen molar-refractivity contribution in [2.24, 2.45) is 0 Å². The van der Waals surface area contributed by atoms with E-state index in [0.717, 1.165) is 10.8 Å². The molecule has 2 N–H and O–H groups in total. The van der Waals surface area contributed by atoms with Crippen molar-refractivity contribution in [2.45, 2.75) is 13.0 Å². The van der Waals surface area contributed by atoms with Gasteiger partial charge in [0.25, 0.3) is 5.91 Å². The lowest BCUT2D eigenvalue weighted by molar-refractivity contribution is -0.141. The average Bonchev–Trinajstić information content (AvgIpc) is 2.44. The summed E-state index contributed by atoms with van der Waals surface area (Å²) in [6.45, 7) is 1.18. The molecular weight excluding hydrogens is 258 g/mol. The van der Waals surface area contributed by atoms with E-state index in [4.69, 9.17) is 9.84 Å². The predicted molar refractivity (Wildman–Crippen MR) is 74.7 cm³/mol. The summed E-state index contributed by atoms with van der Waals surface area (Å²) in [5.41, 5.74) is 0. The van der Waals surface area contributed by atoms with Crippen LogP contribution in [-0.4, -0.2) is 29.6 Å². The second-order valence-corrected chi connectivity index (χ2v) is 4.39. The van der Waals surface area contributed by atoms with Gasteiger partial charge in [0, 0.05) is 5.39 Å². The van der Waals surface area contributed by atoms with E-state index in [-0.39, 0.29) is 6.61 Å². The minimum absolute atomic E-state index is 0.217. The molecule has 0 radical (unpaired) electrons. The Morgan fingerprint density at radius 1 is 1.20 bits per heavy atom. The molecule has 0 saturated heterocycles. The molecule has 5 nitrogen and oxygen atoms in total. The molecule has 1 amide bonds. The molecule has 0 fully saturated rings. The molecule has 2 aromatic carbocycles. The third-order valence-electron chi connectivity index (χ3n) is 2.86. The van der Waals surface area contributed by atoms with Gasteiger partial charge in [-0.25, -0.2) is 0 Å². The highest BCUT2D eigenvalue weighted by atomic mass is 16.5. The Kier molecular flexibility index (Phi) is 4.20. The van der Waals surface area contributed by atoms with Crippen molar-refractivity contribution in [1.82, 2.24) is 5.32 Å². The van der Waals surface area contributed by atoms with Crippen LogP contribution in [0, 0.1) is 0 Å². The van der Waals surface area contributed by atoms with E-state index in [1.165, 1.54) is 6.92 Å². The molecule has 1 atom stereocenters. The number of carbonyl (C=O) groups is 2. The molecule has 5 heteroatoms. The first-order valence-electron chi connectivity index (χ1n) is 6.20. The van der Waals surface area contributed by atoms with Crippen LogP contribution in [-0.2, 0) is 9.59 Å². The van der Waals surface area contributed by atoms with E-state index in [9.17, 15) is 9.59 Å². The molecule has 0 aliphatic rings. The fourth-order valence-corrected chi connectivity index (χ4v) is 1.81. The Labute approximate surface area is 116 Å². The standard InChI is InChI=1S/C15H15NO4/c1-10(15(18)19)16-14(17)9-20-13-8-4-6-11-5-2-3-7-12(11)13/h2-8,10H,9H2,1H3,(H,16,17)(H,18,19)/t10-/m0/s1. The molecule has 0 aliphatic carbocycles. The SMILES string of the molecule is C[C@H](NC(=O)COc1cccc2ccccc12)C(=O)O. The summed E-state index contributed by atoms with van der Waals surface area (Å²) >= 11 is 0. The van der Waals surface area contributed by atoms with Crippen molar-refractivity contribution in [3.63, 3.8) is 0 Å². The summed E-state index contributed by atoms with van der Waals surface area (Å²) < 4.78 is 5.46. The Hall–Kier alpha value is -2.56. The highest BCUT2D eigenvalue weighted by molar-refractivity contribution is 5.89. The largest absolute Gasteiger partial charge is 0.483 e. The van der Waals surface area contributed by atoms with Crippen LogP contribution in [0.5, 0.6) is 5.75 Å². The van der Waals surface area contributed by atoms with Crippen molar-refractivity contribution in [3.8, 4) is 5.75 Å². The van der Waals surface area contributed by atoms with Crippen LogP contribution in [0.15, 0.2) is 42.5 Å². The first-order valence-corrected chi connectivity index (χ1v) is 6.20. The maximum atomic E-state index is 11.6. The van der Waals surface area contributed by atoms with E-state index in [1.807, 2.05) is 36.4 Å². The van der Waals surface area contributed by atoms with E-state index < -0.39 is 17.9 Å². The number of hydrogen-bond donors (Lipinski definition) is 2. The Bertz CT molecular complexity index is 633. The summed E-state index contributed by atoms with van der Waals surface area (Å²) in [5.74, 6) is -0.947. The second kappa shape index (κ2) is 6.06. The molecule has 0 saturated carbocycles. The highest BCUT2D eigenvalue weighted by Gasteiger charge is 2.14. The summed E-state index contributed by atoms with van der Waals surface area (Å²) in [5, 5.41) is 13.0. The fraction of sp³-hybridized carbons (Fsp3) is 0.200. The monoisotopic (exact) mass is 273 g/mol. The van der Waals surface area contributed by atoms with Crippen molar-refractivity contribution < 1.29 is 19.4 Å². The summed E-state index contributed by atoms with van der Waals surface area (Å²) in [6.07, 6.45) is 0. The van der Waals surface area contributed by atoms with Gasteiger partial charge < -0.3 is 15.2 Å². The molecule has 0 spiro atoms. The van der Waals surface area contributed by atoms with E-state index in [0.29, 0.717) is 5.75 Å². The number of ether oxygens (including phenoxy) is 1. The average molecular weight is 273 g/mol. The van der Waals surface area contributed by atoms with Crippen LogP contribution >= 0.6 is 0 Å². The zero-order valence-corrected chi connectivity index (χ0v) is 11.0. The molecule has 0 unspecified atom stereocenters. The number of fused-ring (bicyclic) bond motifs is 1. The fourth-order valence-electron chi connectivity index (χ4n) is 1.81. The number of carboxylic acid groups (broad SMARTS) is 1. The third-order valence-corrected chi connectivity index (χ3v) is 2.86. The molecule has 0 aromatic heterocycles. The van der Waals surface area contributed by atoms with Gasteiger partial charge in [-0.2, -0.15) is 0 Å². The first kappa shape index (κ1) is 13.9. The number of rotatable bonds is 5. The summed E-state index contributed by atoms with van der Waals surface area (Å²) in [4.78, 5) is 22.2. The summed E-state index contributed by atoms with van der Waals surface area (Å²) in [6, 6.07) is 12.3. The third kappa shape index (κ3) is 3.26. The van der Waals surface area contributed by atoms with Crippen molar-refractivity contribution in [1.29, 1.82) is 0 Å². The minimum atomic E-state index is -1.08. The lowest BCUT2D eigenvalue weighted by Gasteiger charge is -2.11. The topological polar surface area (TPSA) is 75.6 Å². The molecule has 104 valence electrons. The van der Waals surface area contributed by atoms with Crippen LogP contribution in [0.2, 0.25) is 0 Å². The van der Waals surface area contributed by atoms with Gasteiger partial charge in [-0.3, -0.25) is 9.59 Å². The lowest BCUT2D eigenvalue weighted by atomic mass is 10.1. The van der Waals surface area contributed by atoms with Crippen LogP contribution in [0.25, 0.3) is 10.8 Å². The number of carbonyl (C=O) groups excluding carboxylic acids is 1. The molecular formula is C15H15NO4. The Morgan fingerprint density at radius 2 is 1.90 bits per heavy atom. The van der Waals surface area contributed by atoms with Gasteiger partial charge in [0.05, 0.1) is 0 Å². The van der Waals surface area contributed by atoms with Gasteiger partial charge in [-0.05, 0) is 18.4 Å². The van der Waals surface area contributed by atoms with Crippen molar-refractivity contribution in [2.75, 3.05) is 6.61 Å². The van der Waals surface area contributed by atoms with Gasteiger partial charge in [-0.15, -0.1) is 0 Å². The Balaban J connectivity index is 2.03. The highest BCUT2D eigenvalue weighted by Crippen LogP contribution is 2.24. The molecule has 2 aromatic rings. The smallest absolute Gasteiger partial charge is 0.325 e. The minimum Gasteiger partial charge on any atom is -0.483 e. The van der Waals surface area contributed by atoms with Crippen molar-refractivity contribution in [3.05, 3.63) is 42.5 Å². The van der Waals surface area contributed by atoms with Gasteiger partial charge in [0.1, 0.15) is 11.8 Å². The van der Waals surface area contributed by atoms with Gasteiger partial charge in [0.2, 0.25) is 0 Å². The number of hydrogen-bond acceptors (Lipinski definition) is 3. The van der Waals surface area contributed by atoms with Gasteiger partial charge >= 0.3 is 5.97 Å². The van der Waals surface area contributed by atoms with Crippen molar-refractivity contribution >= 4 is 22.6 Å². The van der Waals surface area contributed by atoms with E-state index in [1.54, 1.807) is 6.07 Å². The number of aliphatic carboxylic acids is 1. The summed E-state index contributed by atoms with van der Waals surface area (Å²) in [7, 11) is 0. The molecule has 0 bridgehead atoms. The molecule has 2 rings (SSSR count). The maximum Gasteiger partial charge on any atom is 0.325 e. The van der Waals surface area contributed by atoms with Crippen LogP contribution < -0.4 is 10.1 Å². The van der Waals surface area contributed by atoms with Crippen LogP contribution in [0.1, 0.15) is 6.92 Å². The zero-order valence-electron chi connectivity index (χ0n) is 11.0. The number of amides is 1. The maximum absolute atomic E-state index is 11.6. The second-order valence-electron chi connectivity index (χ2n) is 4.39. The number of benzene rings is 2. The Morgan fingerprint density at radius 3 is 2.65 bits per heavy atom. The van der Waals surface area contributed by atoms with Gasteiger partial charge in [-0.1, -0.05) is 36.4 Å². The lowest BCUT2D eigenvalue weighted by Crippen LogP contribution is -2.40. The molecule has 0 heterocycles. The zero-order chi connectivity index (χ0) is 14.5. The normalized spacial score (nSPS) is 11.8. The molecule has 20 heavy (non-hydrogen) atoms. The molecule has 0 aliphatic heterocycles. The number of carboxylic acids is 1. The van der Waals surface area contributed by atoms with Crippen LogP contribution in [0.4, 0.5) is 0 Å². The van der Waals surface area contributed by atoms with E-state index in [2.05, 4.69) is 5.32 Å². The first-order chi connectivity index (χ1) is 9.58. The predicted octanol–water partition coefficient (Wildman–Crippen LogP) is 1.81. The number of nitrogens with one attached hydrogen (secondary N) is 1. The van der Waals surface area contributed by atoms with E-state index >= 15 is 0 Å². The van der Waals surface area contributed by atoms with Crippen LogP contribution in [0.3, 0.4) is 0 Å². The quantitative estimate of drug-likeness (QED) is 0.871.